The van der Waals surface area contributed by atoms with Crippen LogP contribution in [-0.2, 0) is 24.4 Å². The molecule has 2 amide bonds. The predicted molar refractivity (Wildman–Crippen MR) is 127 cm³/mol. The lowest BCUT2D eigenvalue weighted by molar-refractivity contribution is -0.142. The fourth-order valence-corrected chi connectivity index (χ4v) is 5.48. The number of benzene rings is 2. The van der Waals surface area contributed by atoms with E-state index in [1.807, 2.05) is 6.92 Å². The summed E-state index contributed by atoms with van der Waals surface area (Å²) in [6.45, 7) is 2.00. The van der Waals surface area contributed by atoms with Gasteiger partial charge in [-0.15, -0.1) is 0 Å². The van der Waals surface area contributed by atoms with Gasteiger partial charge in [0.05, 0.1) is 4.90 Å². The maximum atomic E-state index is 13.1. The number of anilines is 1. The highest BCUT2D eigenvalue weighted by Gasteiger charge is 2.40. The number of carboxylic acids is 1. The van der Waals surface area contributed by atoms with E-state index in [-0.39, 0.29) is 30.7 Å². The standard InChI is InChI=1S/C23H26ClN3O6S/c1-15-4-10-18(11-5-15)34(32,33)27-14-2-3-20(27)22(29)26-19(23(30)31)12-13-21(28)25-17-8-6-16(24)7-9-17/h4-11,19-20H,2-3,12-14H2,1H3,(H,25,28)(H,26,29)(H,30,31)/t19-,20-/m0/s1. The van der Waals surface area contributed by atoms with Gasteiger partial charge in [0.1, 0.15) is 12.1 Å². The van der Waals surface area contributed by atoms with Crippen molar-refractivity contribution in [3.8, 4) is 0 Å². The first-order valence-corrected chi connectivity index (χ1v) is 12.6. The summed E-state index contributed by atoms with van der Waals surface area (Å²) < 4.78 is 27.2. The molecular weight excluding hydrogens is 482 g/mol. The van der Waals surface area contributed by atoms with Crippen molar-refractivity contribution in [3.63, 3.8) is 0 Å². The molecule has 0 spiro atoms. The van der Waals surface area contributed by atoms with Crippen LogP contribution in [-0.4, -0.2) is 54.2 Å². The third-order valence-corrected chi connectivity index (χ3v) is 7.71. The van der Waals surface area contributed by atoms with Crippen LogP contribution in [0.4, 0.5) is 5.69 Å². The molecule has 3 N–H and O–H groups in total. The molecule has 1 aliphatic rings. The number of aliphatic carboxylic acids is 1. The van der Waals surface area contributed by atoms with Gasteiger partial charge in [-0.2, -0.15) is 4.31 Å². The van der Waals surface area contributed by atoms with Crippen molar-refractivity contribution in [2.75, 3.05) is 11.9 Å². The Kier molecular flexibility index (Phi) is 8.29. The van der Waals surface area contributed by atoms with Crippen LogP contribution >= 0.6 is 11.6 Å². The predicted octanol–water partition coefficient (Wildman–Crippen LogP) is 2.79. The van der Waals surface area contributed by atoms with Gasteiger partial charge in [-0.05, 0) is 62.6 Å². The molecule has 182 valence electrons. The van der Waals surface area contributed by atoms with Crippen LogP contribution in [0.2, 0.25) is 5.02 Å². The van der Waals surface area contributed by atoms with Crippen LogP contribution in [0.3, 0.4) is 0 Å². The van der Waals surface area contributed by atoms with Crippen molar-refractivity contribution < 1.29 is 27.9 Å². The third kappa shape index (κ3) is 6.34. The van der Waals surface area contributed by atoms with Crippen molar-refractivity contribution in [1.29, 1.82) is 0 Å². The van der Waals surface area contributed by atoms with Gasteiger partial charge in [0.25, 0.3) is 0 Å². The van der Waals surface area contributed by atoms with E-state index in [0.717, 1.165) is 9.87 Å². The molecule has 0 bridgehead atoms. The number of carbonyl (C=O) groups excluding carboxylic acids is 2. The maximum Gasteiger partial charge on any atom is 0.326 e. The van der Waals surface area contributed by atoms with E-state index < -0.39 is 39.9 Å². The van der Waals surface area contributed by atoms with E-state index >= 15 is 0 Å². The molecule has 1 fully saturated rings. The Bertz CT molecular complexity index is 1150. The summed E-state index contributed by atoms with van der Waals surface area (Å²) in [6.07, 6.45) is 0.443. The van der Waals surface area contributed by atoms with E-state index in [2.05, 4.69) is 10.6 Å². The number of sulfonamides is 1. The summed E-state index contributed by atoms with van der Waals surface area (Å²) in [7, 11) is -3.92. The van der Waals surface area contributed by atoms with Gasteiger partial charge in [0, 0.05) is 23.7 Å². The first-order valence-electron chi connectivity index (χ1n) is 10.7. The average Bonchev–Trinajstić information content (AvgIpc) is 3.29. The molecule has 1 aliphatic heterocycles. The number of aryl methyl sites for hydroxylation is 1. The lowest BCUT2D eigenvalue weighted by atomic mass is 10.1. The van der Waals surface area contributed by atoms with Gasteiger partial charge in [-0.1, -0.05) is 29.3 Å². The Hall–Kier alpha value is -2.95. The summed E-state index contributed by atoms with van der Waals surface area (Å²) >= 11 is 5.81. The second-order valence-corrected chi connectivity index (χ2v) is 10.4. The zero-order chi connectivity index (χ0) is 24.9. The van der Waals surface area contributed by atoms with E-state index in [9.17, 15) is 27.9 Å². The normalized spacial score (nSPS) is 17.2. The van der Waals surface area contributed by atoms with Crippen LogP contribution in [0.25, 0.3) is 0 Å². The monoisotopic (exact) mass is 507 g/mol. The van der Waals surface area contributed by atoms with Crippen LogP contribution in [0.5, 0.6) is 0 Å². The highest BCUT2D eigenvalue weighted by atomic mass is 35.5. The quantitative estimate of drug-likeness (QED) is 0.478. The van der Waals surface area contributed by atoms with Crippen LogP contribution in [0, 0.1) is 6.92 Å². The van der Waals surface area contributed by atoms with Gasteiger partial charge < -0.3 is 15.7 Å². The van der Waals surface area contributed by atoms with E-state index in [1.165, 1.54) is 12.1 Å². The Morgan fingerprint density at radius 3 is 2.38 bits per heavy atom. The van der Waals surface area contributed by atoms with Crippen molar-refractivity contribution in [2.45, 2.75) is 49.6 Å². The van der Waals surface area contributed by atoms with Gasteiger partial charge >= 0.3 is 5.97 Å². The van der Waals surface area contributed by atoms with Gasteiger partial charge in [0.2, 0.25) is 21.8 Å². The first kappa shape index (κ1) is 25.7. The number of carboxylic acid groups (broad SMARTS) is 1. The number of nitrogens with zero attached hydrogens (tertiary/aromatic N) is 1. The SMILES string of the molecule is Cc1ccc(S(=O)(=O)N2CCC[C@H]2C(=O)N[C@@H](CCC(=O)Nc2ccc(Cl)cc2)C(=O)O)cc1. The molecule has 0 unspecified atom stereocenters. The molecule has 2 atom stereocenters. The van der Waals surface area contributed by atoms with Crippen LogP contribution < -0.4 is 10.6 Å². The second-order valence-electron chi connectivity index (χ2n) is 8.08. The number of nitrogens with one attached hydrogen (secondary N) is 2. The molecule has 2 aromatic carbocycles. The highest BCUT2D eigenvalue weighted by Crippen LogP contribution is 2.26. The summed E-state index contributed by atoms with van der Waals surface area (Å²) in [5.74, 6) is -2.43. The molecule has 34 heavy (non-hydrogen) atoms. The molecule has 0 aromatic heterocycles. The summed E-state index contributed by atoms with van der Waals surface area (Å²) in [5.41, 5.74) is 1.41. The van der Waals surface area contributed by atoms with Crippen LogP contribution in [0.1, 0.15) is 31.2 Å². The molecule has 0 aliphatic carbocycles. The van der Waals surface area contributed by atoms with Crippen molar-refractivity contribution in [3.05, 3.63) is 59.1 Å². The fraction of sp³-hybridized carbons (Fsp3) is 0.348. The molecule has 1 saturated heterocycles. The zero-order valence-electron chi connectivity index (χ0n) is 18.5. The molecule has 9 nitrogen and oxygen atoms in total. The van der Waals surface area contributed by atoms with Gasteiger partial charge in [-0.3, -0.25) is 9.59 Å². The number of hydrogen-bond acceptors (Lipinski definition) is 5. The highest BCUT2D eigenvalue weighted by molar-refractivity contribution is 7.89. The number of amides is 2. The summed E-state index contributed by atoms with van der Waals surface area (Å²) in [4.78, 5) is 36.8. The molecule has 3 rings (SSSR count). The van der Waals surface area contributed by atoms with Crippen molar-refractivity contribution in [1.82, 2.24) is 9.62 Å². The molecule has 0 saturated carbocycles. The fourth-order valence-electron chi connectivity index (χ4n) is 3.69. The number of carbonyl (C=O) groups is 3. The van der Waals surface area contributed by atoms with E-state index in [1.54, 1.807) is 36.4 Å². The minimum absolute atomic E-state index is 0.0754. The second kappa shape index (κ2) is 11.0. The van der Waals surface area contributed by atoms with E-state index in [4.69, 9.17) is 11.6 Å². The minimum atomic E-state index is -3.92. The smallest absolute Gasteiger partial charge is 0.326 e. The zero-order valence-corrected chi connectivity index (χ0v) is 20.1. The number of rotatable bonds is 9. The molecule has 1 heterocycles. The Morgan fingerprint density at radius 1 is 1.12 bits per heavy atom. The maximum absolute atomic E-state index is 13.1. The van der Waals surface area contributed by atoms with E-state index in [0.29, 0.717) is 17.1 Å². The summed E-state index contributed by atoms with van der Waals surface area (Å²) in [5, 5.41) is 15.1. The molecule has 11 heteroatoms. The number of hydrogen-bond donors (Lipinski definition) is 3. The molecular formula is C23H26ClN3O6S. The van der Waals surface area contributed by atoms with Gasteiger partial charge in [0.15, 0.2) is 0 Å². The Labute approximate surface area is 203 Å². The molecule has 0 radical (unpaired) electrons. The topological polar surface area (TPSA) is 133 Å². The van der Waals surface area contributed by atoms with Gasteiger partial charge in [-0.25, -0.2) is 13.2 Å². The summed E-state index contributed by atoms with van der Waals surface area (Å²) in [6, 6.07) is 10.4. The first-order chi connectivity index (χ1) is 16.1. The van der Waals surface area contributed by atoms with Crippen LogP contribution in [0.15, 0.2) is 53.4 Å². The van der Waals surface area contributed by atoms with Crippen molar-refractivity contribution >= 4 is 45.1 Å². The third-order valence-electron chi connectivity index (χ3n) is 5.54. The average molecular weight is 508 g/mol. The molecule has 2 aromatic rings. The largest absolute Gasteiger partial charge is 0.480 e. The lowest BCUT2D eigenvalue weighted by Gasteiger charge is -2.25. The minimum Gasteiger partial charge on any atom is -0.480 e. The van der Waals surface area contributed by atoms with Crippen molar-refractivity contribution in [2.24, 2.45) is 0 Å². The Morgan fingerprint density at radius 2 is 1.76 bits per heavy atom. The number of halogens is 1. The lowest BCUT2D eigenvalue weighted by Crippen LogP contribution is -2.50. The Balaban J connectivity index is 1.62.